The normalized spacial score (nSPS) is 13.5. The van der Waals surface area contributed by atoms with Crippen LogP contribution in [0, 0.1) is 11.8 Å². The second-order valence-electron chi connectivity index (χ2n) is 7.17. The standard InChI is InChI=1S/C22H36Br2O2/c1-5-9-11-17(7-3)15-25-21-14-22(20(24)13-19(21)23)26-16-18(8-4)12-10-6-2/h13-14,17-18H,5-12,15-16H2,1-4H3. The van der Waals surface area contributed by atoms with E-state index in [9.17, 15) is 0 Å². The smallest absolute Gasteiger partial charge is 0.137 e. The largest absolute Gasteiger partial charge is 0.492 e. The highest BCUT2D eigenvalue weighted by Crippen LogP contribution is 2.37. The molecule has 2 nitrogen and oxygen atoms in total. The SMILES string of the molecule is CCCCC(CC)COc1cc(OCC(CC)CCCC)c(Br)cc1Br. The van der Waals surface area contributed by atoms with Gasteiger partial charge in [0.05, 0.1) is 22.2 Å². The number of hydrogen-bond donors (Lipinski definition) is 0. The van der Waals surface area contributed by atoms with Crippen molar-refractivity contribution < 1.29 is 9.47 Å². The van der Waals surface area contributed by atoms with Gasteiger partial charge in [-0.25, -0.2) is 0 Å². The van der Waals surface area contributed by atoms with Gasteiger partial charge in [-0.2, -0.15) is 0 Å². The van der Waals surface area contributed by atoms with Gasteiger partial charge in [-0.15, -0.1) is 0 Å². The summed E-state index contributed by atoms with van der Waals surface area (Å²) in [6.07, 6.45) is 9.82. The molecule has 1 aromatic rings. The van der Waals surface area contributed by atoms with E-state index in [1.54, 1.807) is 0 Å². The lowest BCUT2D eigenvalue weighted by atomic mass is 10.0. The third-order valence-corrected chi connectivity index (χ3v) is 6.26. The molecule has 2 unspecified atom stereocenters. The maximum atomic E-state index is 6.13. The topological polar surface area (TPSA) is 18.5 Å². The van der Waals surface area contributed by atoms with Crippen LogP contribution in [0.1, 0.15) is 79.1 Å². The van der Waals surface area contributed by atoms with Gasteiger partial charge < -0.3 is 9.47 Å². The summed E-state index contributed by atoms with van der Waals surface area (Å²) in [5, 5.41) is 0. The van der Waals surface area contributed by atoms with Crippen molar-refractivity contribution in [2.45, 2.75) is 79.1 Å². The third kappa shape index (κ3) is 8.65. The molecule has 4 heteroatoms. The van der Waals surface area contributed by atoms with Crippen LogP contribution in [0.15, 0.2) is 21.1 Å². The zero-order valence-corrected chi connectivity index (χ0v) is 20.1. The lowest BCUT2D eigenvalue weighted by Crippen LogP contribution is -2.13. The monoisotopic (exact) mass is 490 g/mol. The summed E-state index contributed by atoms with van der Waals surface area (Å²) in [7, 11) is 0. The van der Waals surface area contributed by atoms with Crippen LogP contribution >= 0.6 is 31.9 Å². The molecule has 0 radical (unpaired) electrons. The predicted molar refractivity (Wildman–Crippen MR) is 119 cm³/mol. The van der Waals surface area contributed by atoms with E-state index in [4.69, 9.17) is 9.47 Å². The van der Waals surface area contributed by atoms with E-state index in [1.165, 1.54) is 38.5 Å². The summed E-state index contributed by atoms with van der Waals surface area (Å²) in [5.41, 5.74) is 0. The first-order valence-electron chi connectivity index (χ1n) is 10.3. The highest BCUT2D eigenvalue weighted by Gasteiger charge is 2.14. The van der Waals surface area contributed by atoms with Crippen LogP contribution in [0.3, 0.4) is 0 Å². The van der Waals surface area contributed by atoms with Crippen molar-refractivity contribution in [3.63, 3.8) is 0 Å². The Morgan fingerprint density at radius 2 is 1.15 bits per heavy atom. The molecule has 0 fully saturated rings. The first-order chi connectivity index (χ1) is 12.5. The number of ether oxygens (including phenoxy) is 2. The second-order valence-corrected chi connectivity index (χ2v) is 8.88. The quantitative estimate of drug-likeness (QED) is 0.260. The number of rotatable bonds is 14. The number of halogens is 2. The van der Waals surface area contributed by atoms with Crippen molar-refractivity contribution in [1.29, 1.82) is 0 Å². The zero-order valence-electron chi connectivity index (χ0n) is 17.0. The fourth-order valence-electron chi connectivity index (χ4n) is 2.94. The average Bonchev–Trinajstić information content (AvgIpc) is 2.64. The lowest BCUT2D eigenvalue weighted by molar-refractivity contribution is 0.221. The molecule has 0 saturated heterocycles. The molecule has 26 heavy (non-hydrogen) atoms. The predicted octanol–water partition coefficient (Wildman–Crippen LogP) is 8.40. The van der Waals surface area contributed by atoms with Gasteiger partial charge in [-0.1, -0.05) is 66.2 Å². The molecule has 0 saturated carbocycles. The molecule has 1 aromatic carbocycles. The first kappa shape index (κ1) is 23.8. The van der Waals surface area contributed by atoms with Crippen molar-refractivity contribution in [3.05, 3.63) is 21.1 Å². The van der Waals surface area contributed by atoms with Gasteiger partial charge in [0.15, 0.2) is 0 Å². The lowest BCUT2D eigenvalue weighted by Gasteiger charge is -2.19. The molecule has 0 aliphatic carbocycles. The van der Waals surface area contributed by atoms with E-state index in [0.29, 0.717) is 11.8 Å². The van der Waals surface area contributed by atoms with Gasteiger partial charge in [0.2, 0.25) is 0 Å². The first-order valence-corrected chi connectivity index (χ1v) is 11.9. The molecule has 1 rings (SSSR count). The van der Waals surface area contributed by atoms with Crippen molar-refractivity contribution in [2.75, 3.05) is 13.2 Å². The fraction of sp³-hybridized carbons (Fsp3) is 0.727. The molecule has 150 valence electrons. The van der Waals surface area contributed by atoms with Gasteiger partial charge in [-0.3, -0.25) is 0 Å². The maximum Gasteiger partial charge on any atom is 0.137 e. The number of unbranched alkanes of at least 4 members (excludes halogenated alkanes) is 2. The number of benzene rings is 1. The van der Waals surface area contributed by atoms with E-state index in [2.05, 4.69) is 59.6 Å². The Bertz CT molecular complexity index is 464. The van der Waals surface area contributed by atoms with Crippen LogP contribution in [0.4, 0.5) is 0 Å². The van der Waals surface area contributed by atoms with Crippen molar-refractivity contribution in [1.82, 2.24) is 0 Å². The van der Waals surface area contributed by atoms with E-state index < -0.39 is 0 Å². The van der Waals surface area contributed by atoms with Crippen LogP contribution in [-0.4, -0.2) is 13.2 Å². The Balaban J connectivity index is 2.69. The van der Waals surface area contributed by atoms with Gasteiger partial charge in [0.1, 0.15) is 11.5 Å². The van der Waals surface area contributed by atoms with Gasteiger partial charge >= 0.3 is 0 Å². The summed E-state index contributed by atoms with van der Waals surface area (Å²) < 4.78 is 14.2. The van der Waals surface area contributed by atoms with Gasteiger partial charge in [0, 0.05) is 6.07 Å². The van der Waals surface area contributed by atoms with Crippen molar-refractivity contribution in [3.8, 4) is 11.5 Å². The summed E-state index contributed by atoms with van der Waals surface area (Å²) >= 11 is 7.25. The van der Waals surface area contributed by atoms with E-state index in [1.807, 2.05) is 12.1 Å². The molecule has 0 spiro atoms. The minimum absolute atomic E-state index is 0.619. The molecule has 0 bridgehead atoms. The zero-order chi connectivity index (χ0) is 19.4. The summed E-state index contributed by atoms with van der Waals surface area (Å²) in [6.45, 7) is 10.5. The molecular formula is C22H36Br2O2. The molecule has 0 aliphatic rings. The fourth-order valence-corrected chi connectivity index (χ4v) is 4.17. The minimum atomic E-state index is 0.619. The minimum Gasteiger partial charge on any atom is -0.492 e. The number of hydrogen-bond acceptors (Lipinski definition) is 2. The molecule has 0 aromatic heterocycles. The molecule has 0 N–H and O–H groups in total. The second kappa shape index (κ2) is 13.9. The molecular weight excluding hydrogens is 456 g/mol. The van der Waals surface area contributed by atoms with Gasteiger partial charge in [0.25, 0.3) is 0 Å². The highest BCUT2D eigenvalue weighted by molar-refractivity contribution is 9.11. The van der Waals surface area contributed by atoms with Crippen LogP contribution < -0.4 is 9.47 Å². The van der Waals surface area contributed by atoms with E-state index in [0.717, 1.165) is 46.5 Å². The van der Waals surface area contributed by atoms with E-state index in [-0.39, 0.29) is 0 Å². The molecule has 0 heterocycles. The molecule has 2 atom stereocenters. The Labute approximate surface area is 177 Å². The highest BCUT2D eigenvalue weighted by atomic mass is 79.9. The van der Waals surface area contributed by atoms with Crippen molar-refractivity contribution >= 4 is 31.9 Å². The molecule has 0 aliphatic heterocycles. The van der Waals surface area contributed by atoms with Gasteiger partial charge in [-0.05, 0) is 62.6 Å². The third-order valence-electron chi connectivity index (χ3n) is 5.02. The Morgan fingerprint density at radius 3 is 1.50 bits per heavy atom. The average molecular weight is 492 g/mol. The Morgan fingerprint density at radius 1 is 0.731 bits per heavy atom. The Hall–Kier alpha value is -0.220. The Kier molecular flexibility index (Phi) is 12.7. The van der Waals surface area contributed by atoms with Crippen molar-refractivity contribution in [2.24, 2.45) is 11.8 Å². The van der Waals surface area contributed by atoms with Crippen LogP contribution in [0.25, 0.3) is 0 Å². The summed E-state index contributed by atoms with van der Waals surface area (Å²) in [6, 6.07) is 4.05. The van der Waals surface area contributed by atoms with Crippen LogP contribution in [-0.2, 0) is 0 Å². The molecule has 0 amide bonds. The van der Waals surface area contributed by atoms with Crippen LogP contribution in [0.5, 0.6) is 11.5 Å². The van der Waals surface area contributed by atoms with Crippen LogP contribution in [0.2, 0.25) is 0 Å². The van der Waals surface area contributed by atoms with E-state index >= 15 is 0 Å². The maximum absolute atomic E-state index is 6.13. The summed E-state index contributed by atoms with van der Waals surface area (Å²) in [4.78, 5) is 0. The summed E-state index contributed by atoms with van der Waals surface area (Å²) in [5.74, 6) is 2.99.